The molecule has 3 rings (SSSR count). The van der Waals surface area contributed by atoms with Crippen molar-refractivity contribution in [3.8, 4) is 0 Å². The van der Waals surface area contributed by atoms with E-state index in [1.807, 2.05) is 22.6 Å². The van der Waals surface area contributed by atoms with Crippen LogP contribution in [0.1, 0.15) is 5.69 Å². The van der Waals surface area contributed by atoms with Crippen LogP contribution in [0.3, 0.4) is 0 Å². The largest absolute Gasteiger partial charge is 0.442 e. The third-order valence-electron chi connectivity index (χ3n) is 3.23. The van der Waals surface area contributed by atoms with Crippen molar-refractivity contribution in [2.45, 2.75) is 19.3 Å². The van der Waals surface area contributed by atoms with Crippen LogP contribution in [0.25, 0.3) is 0 Å². The second-order valence-corrected chi connectivity index (χ2v) is 5.97. The van der Waals surface area contributed by atoms with Crippen molar-refractivity contribution in [2.75, 3.05) is 11.4 Å². The molecule has 2 aromatic rings. The topological polar surface area (TPSA) is 80.5 Å². The van der Waals surface area contributed by atoms with Gasteiger partial charge >= 0.3 is 6.09 Å². The highest BCUT2D eigenvalue weighted by molar-refractivity contribution is 14.1. The molecule has 0 aliphatic carbocycles. The maximum absolute atomic E-state index is 13.6. The molecular formula is C13H12FIN4O3. The third-order valence-corrected chi connectivity index (χ3v) is 4.10. The molecule has 1 aliphatic rings. The van der Waals surface area contributed by atoms with Crippen molar-refractivity contribution in [2.24, 2.45) is 0 Å². The first kappa shape index (κ1) is 15.2. The van der Waals surface area contributed by atoms with Crippen molar-refractivity contribution in [1.29, 1.82) is 0 Å². The summed E-state index contributed by atoms with van der Waals surface area (Å²) in [4.78, 5) is 13.3. The van der Waals surface area contributed by atoms with Crippen LogP contribution in [0, 0.1) is 9.39 Å². The summed E-state index contributed by atoms with van der Waals surface area (Å²) in [5.74, 6) is -0.377. The average Bonchev–Trinajstić information content (AvgIpc) is 3.09. The summed E-state index contributed by atoms with van der Waals surface area (Å²) in [6.45, 7) is 0.424. The number of rotatable bonds is 4. The normalized spacial score (nSPS) is 17.9. The van der Waals surface area contributed by atoms with E-state index in [0.717, 1.165) is 0 Å². The Bertz CT molecular complexity index is 708. The van der Waals surface area contributed by atoms with Crippen LogP contribution in [0.15, 0.2) is 24.4 Å². The minimum absolute atomic E-state index is 0.196. The van der Waals surface area contributed by atoms with Gasteiger partial charge in [0.1, 0.15) is 17.6 Å². The van der Waals surface area contributed by atoms with Gasteiger partial charge < -0.3 is 9.84 Å². The van der Waals surface area contributed by atoms with E-state index in [2.05, 4.69) is 10.3 Å². The summed E-state index contributed by atoms with van der Waals surface area (Å²) >= 11 is 1.89. The van der Waals surface area contributed by atoms with Gasteiger partial charge in [0.05, 0.1) is 31.6 Å². The lowest BCUT2D eigenvalue weighted by atomic mass is 10.2. The van der Waals surface area contributed by atoms with Crippen molar-refractivity contribution < 1.29 is 19.0 Å². The van der Waals surface area contributed by atoms with Crippen LogP contribution in [0.2, 0.25) is 0 Å². The van der Waals surface area contributed by atoms with Gasteiger partial charge in [-0.2, -0.15) is 0 Å². The Morgan fingerprint density at radius 3 is 3.00 bits per heavy atom. The van der Waals surface area contributed by atoms with E-state index in [9.17, 15) is 9.18 Å². The van der Waals surface area contributed by atoms with Crippen molar-refractivity contribution in [1.82, 2.24) is 15.0 Å². The number of amides is 1. The molecule has 1 aliphatic heterocycles. The number of carbonyl (C=O) groups excluding carboxylic acids is 1. The number of cyclic esters (lactones) is 1. The molecular weight excluding hydrogens is 406 g/mol. The Kier molecular flexibility index (Phi) is 4.25. The molecule has 1 unspecified atom stereocenters. The first-order valence-electron chi connectivity index (χ1n) is 6.50. The lowest BCUT2D eigenvalue weighted by Crippen LogP contribution is -2.26. The van der Waals surface area contributed by atoms with E-state index in [1.165, 1.54) is 15.6 Å². The average molecular weight is 418 g/mol. The molecule has 1 aromatic carbocycles. The fourth-order valence-electron chi connectivity index (χ4n) is 2.19. The van der Waals surface area contributed by atoms with Crippen LogP contribution < -0.4 is 4.90 Å². The molecule has 0 saturated carbocycles. The molecule has 1 aromatic heterocycles. The summed E-state index contributed by atoms with van der Waals surface area (Å²) in [6.07, 6.45) is 0.650. The van der Waals surface area contributed by atoms with E-state index >= 15 is 0 Å². The minimum atomic E-state index is -0.520. The van der Waals surface area contributed by atoms with Gasteiger partial charge in [0.15, 0.2) is 0 Å². The highest BCUT2D eigenvalue weighted by Gasteiger charge is 2.33. The monoisotopic (exact) mass is 418 g/mol. The van der Waals surface area contributed by atoms with E-state index in [1.54, 1.807) is 18.3 Å². The molecule has 7 nitrogen and oxygen atoms in total. The summed E-state index contributed by atoms with van der Waals surface area (Å²) in [6, 6.07) is 4.59. The number of halogens is 2. The summed E-state index contributed by atoms with van der Waals surface area (Å²) in [5, 5.41) is 16.5. The first-order valence-corrected chi connectivity index (χ1v) is 7.58. The summed E-state index contributed by atoms with van der Waals surface area (Å²) in [7, 11) is 0. The van der Waals surface area contributed by atoms with Gasteiger partial charge in [-0.15, -0.1) is 5.10 Å². The molecule has 2 heterocycles. The van der Waals surface area contributed by atoms with Crippen molar-refractivity contribution in [3.63, 3.8) is 0 Å². The number of benzene rings is 1. The van der Waals surface area contributed by atoms with E-state index in [-0.39, 0.29) is 12.4 Å². The Hall–Kier alpha value is -1.75. The van der Waals surface area contributed by atoms with Crippen molar-refractivity contribution in [3.05, 3.63) is 39.5 Å². The van der Waals surface area contributed by atoms with Crippen LogP contribution in [0.4, 0.5) is 14.9 Å². The SMILES string of the molecule is O=C1OC(Cn2cc(CO)nn2)CN1c1ccc(I)c(F)c1. The number of aliphatic hydroxyl groups is 1. The zero-order chi connectivity index (χ0) is 15.7. The fourth-order valence-corrected chi connectivity index (χ4v) is 2.52. The van der Waals surface area contributed by atoms with E-state index in [0.29, 0.717) is 28.0 Å². The number of ether oxygens (including phenoxy) is 1. The number of hydrogen-bond acceptors (Lipinski definition) is 5. The molecule has 1 saturated heterocycles. The number of aromatic nitrogens is 3. The first-order chi connectivity index (χ1) is 10.6. The third kappa shape index (κ3) is 3.04. The van der Waals surface area contributed by atoms with E-state index < -0.39 is 12.2 Å². The molecule has 1 N–H and O–H groups in total. The smallest absolute Gasteiger partial charge is 0.414 e. The number of hydrogen-bond donors (Lipinski definition) is 1. The predicted molar refractivity (Wildman–Crippen MR) is 82.7 cm³/mol. The standard InChI is InChI=1S/C13H12FIN4O3/c14-11-3-9(1-2-12(11)15)19-6-10(22-13(19)21)5-18-4-8(7-20)16-17-18/h1-4,10,20H,5-7H2. The van der Waals surface area contributed by atoms with Gasteiger partial charge in [-0.3, -0.25) is 4.90 Å². The fraction of sp³-hybridized carbons (Fsp3) is 0.308. The van der Waals surface area contributed by atoms with Gasteiger partial charge in [-0.1, -0.05) is 5.21 Å². The Morgan fingerprint density at radius 1 is 1.50 bits per heavy atom. The summed E-state index contributed by atoms with van der Waals surface area (Å²) in [5.41, 5.74) is 0.904. The zero-order valence-electron chi connectivity index (χ0n) is 11.3. The molecule has 22 heavy (non-hydrogen) atoms. The van der Waals surface area contributed by atoms with Crippen LogP contribution in [-0.4, -0.2) is 38.8 Å². The van der Waals surface area contributed by atoms with Gasteiger partial charge in [0.2, 0.25) is 0 Å². The number of nitrogens with zero attached hydrogens (tertiary/aromatic N) is 4. The van der Waals surface area contributed by atoms with Crippen LogP contribution in [-0.2, 0) is 17.9 Å². The summed E-state index contributed by atoms with van der Waals surface area (Å²) < 4.78 is 20.9. The van der Waals surface area contributed by atoms with Crippen molar-refractivity contribution >= 4 is 34.4 Å². The lowest BCUT2D eigenvalue weighted by molar-refractivity contribution is 0.129. The van der Waals surface area contributed by atoms with Gasteiger partial charge in [0.25, 0.3) is 0 Å². The van der Waals surface area contributed by atoms with Crippen LogP contribution >= 0.6 is 22.6 Å². The van der Waals surface area contributed by atoms with E-state index in [4.69, 9.17) is 9.84 Å². The molecule has 1 amide bonds. The molecule has 1 atom stereocenters. The highest BCUT2D eigenvalue weighted by atomic mass is 127. The Labute approximate surface area is 138 Å². The molecule has 9 heteroatoms. The molecule has 0 radical (unpaired) electrons. The second kappa shape index (κ2) is 6.16. The van der Waals surface area contributed by atoms with Gasteiger partial charge in [-0.05, 0) is 40.8 Å². The Morgan fingerprint density at radius 2 is 2.32 bits per heavy atom. The molecule has 0 spiro atoms. The quantitative estimate of drug-likeness (QED) is 0.763. The number of carbonyl (C=O) groups is 1. The maximum atomic E-state index is 13.6. The van der Waals surface area contributed by atoms with Gasteiger partial charge in [-0.25, -0.2) is 13.9 Å². The molecule has 1 fully saturated rings. The number of anilines is 1. The van der Waals surface area contributed by atoms with Crippen LogP contribution in [0.5, 0.6) is 0 Å². The highest BCUT2D eigenvalue weighted by Crippen LogP contribution is 2.25. The lowest BCUT2D eigenvalue weighted by Gasteiger charge is -2.13. The minimum Gasteiger partial charge on any atom is -0.442 e. The zero-order valence-corrected chi connectivity index (χ0v) is 13.5. The molecule has 116 valence electrons. The number of aliphatic hydroxyl groups excluding tert-OH is 1. The van der Waals surface area contributed by atoms with Gasteiger partial charge in [0, 0.05) is 3.57 Å². The maximum Gasteiger partial charge on any atom is 0.414 e. The predicted octanol–water partition coefficient (Wildman–Crippen LogP) is 1.54. The Balaban J connectivity index is 1.71. The molecule has 0 bridgehead atoms. The second-order valence-electron chi connectivity index (χ2n) is 4.80.